The van der Waals surface area contributed by atoms with Crippen molar-refractivity contribution in [3.8, 4) is 0 Å². The van der Waals surface area contributed by atoms with E-state index in [0.717, 1.165) is 5.01 Å². The Kier molecular flexibility index (Phi) is 3.60. The monoisotopic (exact) mass is 227 g/mol. The molecule has 0 aromatic heterocycles. The zero-order valence-electron chi connectivity index (χ0n) is 9.06. The summed E-state index contributed by atoms with van der Waals surface area (Å²) in [6.07, 6.45) is 0.450. The minimum atomic E-state index is -1.12. The number of carbonyl (C=O) groups excluding carboxylic acids is 2. The maximum atomic E-state index is 11.5. The van der Waals surface area contributed by atoms with Gasteiger partial charge in [0.2, 0.25) is 5.91 Å². The van der Waals surface area contributed by atoms with Crippen LogP contribution in [-0.2, 0) is 14.4 Å². The highest BCUT2D eigenvalue weighted by Crippen LogP contribution is 2.06. The lowest BCUT2D eigenvalue weighted by Gasteiger charge is -2.19. The maximum absolute atomic E-state index is 11.5. The minimum Gasteiger partial charge on any atom is -0.480 e. The number of aliphatic carboxylic acids is 1. The molecule has 1 rings (SSSR count). The summed E-state index contributed by atoms with van der Waals surface area (Å²) in [6.45, 7) is 1.36. The minimum absolute atomic E-state index is 0.164. The molecule has 88 valence electrons. The van der Waals surface area contributed by atoms with E-state index >= 15 is 0 Å². The molecule has 0 bridgehead atoms. The molecule has 2 N–H and O–H groups in total. The number of carbonyl (C=O) groups is 3. The Bertz CT molecular complexity index is 364. The van der Waals surface area contributed by atoms with Crippen LogP contribution in [0.5, 0.6) is 0 Å². The van der Waals surface area contributed by atoms with Crippen LogP contribution in [0.25, 0.3) is 0 Å². The van der Waals surface area contributed by atoms with Crippen LogP contribution in [0.2, 0.25) is 0 Å². The number of hydrazone groups is 1. The first-order valence-electron chi connectivity index (χ1n) is 4.79. The first kappa shape index (κ1) is 12.2. The zero-order chi connectivity index (χ0) is 12.3. The van der Waals surface area contributed by atoms with E-state index in [1.165, 1.54) is 14.0 Å². The second-order valence-corrected chi connectivity index (χ2v) is 3.50. The molecule has 0 spiro atoms. The molecule has 16 heavy (non-hydrogen) atoms. The Balaban J connectivity index is 2.65. The van der Waals surface area contributed by atoms with E-state index in [1.54, 1.807) is 0 Å². The fourth-order valence-electron chi connectivity index (χ4n) is 1.17. The molecule has 1 aliphatic heterocycles. The lowest BCUT2D eigenvalue weighted by Crippen LogP contribution is -2.44. The highest BCUT2D eigenvalue weighted by Gasteiger charge is 2.24. The van der Waals surface area contributed by atoms with Gasteiger partial charge in [-0.1, -0.05) is 0 Å². The van der Waals surface area contributed by atoms with E-state index in [4.69, 9.17) is 5.11 Å². The van der Waals surface area contributed by atoms with Gasteiger partial charge in [0.15, 0.2) is 0 Å². The second kappa shape index (κ2) is 4.73. The molecule has 2 amide bonds. The topological polar surface area (TPSA) is 99.1 Å². The molecule has 0 saturated heterocycles. The quantitative estimate of drug-likeness (QED) is 0.658. The van der Waals surface area contributed by atoms with E-state index in [2.05, 4.69) is 10.4 Å². The largest absolute Gasteiger partial charge is 0.480 e. The van der Waals surface area contributed by atoms with Crippen LogP contribution >= 0.6 is 0 Å². The van der Waals surface area contributed by atoms with Crippen LogP contribution in [0.15, 0.2) is 5.10 Å². The Morgan fingerprint density at radius 2 is 2.12 bits per heavy atom. The van der Waals surface area contributed by atoms with Crippen molar-refractivity contribution in [1.82, 2.24) is 10.3 Å². The van der Waals surface area contributed by atoms with E-state index in [0.29, 0.717) is 0 Å². The van der Waals surface area contributed by atoms with Gasteiger partial charge in [0, 0.05) is 19.9 Å². The van der Waals surface area contributed by atoms with Gasteiger partial charge in [-0.25, -0.2) is 5.01 Å². The van der Waals surface area contributed by atoms with Gasteiger partial charge in [0.25, 0.3) is 5.91 Å². The number of nitrogens with zero attached hydrogens (tertiary/aromatic N) is 2. The summed E-state index contributed by atoms with van der Waals surface area (Å²) < 4.78 is 0. The van der Waals surface area contributed by atoms with Crippen LogP contribution in [0, 0.1) is 0 Å². The maximum Gasteiger partial charge on any atom is 0.325 e. The lowest BCUT2D eigenvalue weighted by atomic mass is 10.1. The Morgan fingerprint density at radius 1 is 1.50 bits per heavy atom. The summed E-state index contributed by atoms with van der Waals surface area (Å²) in [7, 11) is 1.45. The molecular formula is C9H13N3O4. The van der Waals surface area contributed by atoms with E-state index < -0.39 is 17.9 Å². The van der Waals surface area contributed by atoms with Crippen molar-refractivity contribution >= 4 is 23.5 Å². The molecule has 0 aromatic rings. The number of hydrogen-bond acceptors (Lipinski definition) is 4. The van der Waals surface area contributed by atoms with Crippen LogP contribution in [0.3, 0.4) is 0 Å². The summed E-state index contributed by atoms with van der Waals surface area (Å²) in [5.41, 5.74) is 0.176. The third-order valence-corrected chi connectivity index (χ3v) is 2.19. The molecule has 0 radical (unpaired) electrons. The number of carboxylic acids is 1. The Labute approximate surface area is 92.1 Å². The fraction of sp³-hybridized carbons (Fsp3) is 0.556. The van der Waals surface area contributed by atoms with Gasteiger partial charge >= 0.3 is 5.97 Å². The Morgan fingerprint density at radius 3 is 2.62 bits per heavy atom. The molecular weight excluding hydrogens is 214 g/mol. The highest BCUT2D eigenvalue weighted by atomic mass is 16.4. The third-order valence-electron chi connectivity index (χ3n) is 2.19. The van der Waals surface area contributed by atoms with Gasteiger partial charge in [-0.05, 0) is 6.92 Å². The number of carboxylic acid groups (broad SMARTS) is 1. The van der Waals surface area contributed by atoms with Crippen molar-refractivity contribution in [2.24, 2.45) is 5.10 Å². The smallest absolute Gasteiger partial charge is 0.325 e. The standard InChI is InChI=1S/C9H13N3O4/c1-5(9(15)16)10-8(14)6-3-4-7(13)12(2)11-6/h5H,3-4H2,1-2H3,(H,10,14)(H,15,16)/t5-/m0/s1. The summed E-state index contributed by atoms with van der Waals surface area (Å²) in [5.74, 6) is -1.83. The van der Waals surface area contributed by atoms with Gasteiger partial charge in [-0.2, -0.15) is 5.10 Å². The Hall–Kier alpha value is -1.92. The number of hydrogen-bond donors (Lipinski definition) is 2. The van der Waals surface area contributed by atoms with Gasteiger partial charge < -0.3 is 10.4 Å². The average Bonchev–Trinajstić information content (AvgIpc) is 2.21. The summed E-state index contributed by atoms with van der Waals surface area (Å²) in [4.78, 5) is 33.1. The van der Waals surface area contributed by atoms with Crippen molar-refractivity contribution in [2.75, 3.05) is 7.05 Å². The SMILES string of the molecule is C[C@H](NC(=O)C1=NN(C)C(=O)CC1)C(=O)O. The van der Waals surface area contributed by atoms with Crippen molar-refractivity contribution in [3.05, 3.63) is 0 Å². The lowest BCUT2D eigenvalue weighted by molar-refractivity contribution is -0.140. The molecule has 0 aliphatic carbocycles. The predicted molar refractivity (Wildman–Crippen MR) is 54.7 cm³/mol. The molecule has 0 unspecified atom stereocenters. The molecule has 7 nitrogen and oxygen atoms in total. The van der Waals surface area contributed by atoms with E-state index in [-0.39, 0.29) is 24.5 Å². The second-order valence-electron chi connectivity index (χ2n) is 3.50. The predicted octanol–water partition coefficient (Wildman–Crippen LogP) is -0.816. The third kappa shape index (κ3) is 2.78. The number of rotatable bonds is 3. The summed E-state index contributed by atoms with van der Waals surface area (Å²) in [5, 5.41) is 15.7. The van der Waals surface area contributed by atoms with E-state index in [1.807, 2.05) is 0 Å². The molecule has 0 fully saturated rings. The van der Waals surface area contributed by atoms with Gasteiger partial charge in [-0.3, -0.25) is 14.4 Å². The van der Waals surface area contributed by atoms with Crippen molar-refractivity contribution < 1.29 is 19.5 Å². The van der Waals surface area contributed by atoms with Crippen LogP contribution < -0.4 is 5.32 Å². The molecule has 1 aliphatic rings. The summed E-state index contributed by atoms with van der Waals surface area (Å²) in [6, 6.07) is -0.974. The van der Waals surface area contributed by atoms with Crippen molar-refractivity contribution in [3.63, 3.8) is 0 Å². The molecule has 1 heterocycles. The molecule has 0 saturated carbocycles. The van der Waals surface area contributed by atoms with Gasteiger partial charge in [0.05, 0.1) is 0 Å². The van der Waals surface area contributed by atoms with Crippen LogP contribution in [0.4, 0.5) is 0 Å². The summed E-state index contributed by atoms with van der Waals surface area (Å²) >= 11 is 0. The normalized spacial score (nSPS) is 17.8. The highest BCUT2D eigenvalue weighted by molar-refractivity contribution is 6.39. The van der Waals surface area contributed by atoms with E-state index in [9.17, 15) is 14.4 Å². The first-order chi connectivity index (χ1) is 7.41. The van der Waals surface area contributed by atoms with Gasteiger partial charge in [-0.15, -0.1) is 0 Å². The molecule has 1 atom stereocenters. The molecule has 0 aromatic carbocycles. The average molecular weight is 227 g/mol. The molecule has 7 heteroatoms. The first-order valence-corrected chi connectivity index (χ1v) is 4.79. The van der Waals surface area contributed by atoms with Crippen molar-refractivity contribution in [2.45, 2.75) is 25.8 Å². The van der Waals surface area contributed by atoms with Crippen LogP contribution in [0.1, 0.15) is 19.8 Å². The van der Waals surface area contributed by atoms with Crippen molar-refractivity contribution in [1.29, 1.82) is 0 Å². The number of amides is 2. The van der Waals surface area contributed by atoms with Crippen LogP contribution in [-0.4, -0.2) is 46.7 Å². The fourth-order valence-corrected chi connectivity index (χ4v) is 1.17. The van der Waals surface area contributed by atoms with Gasteiger partial charge in [0.1, 0.15) is 11.8 Å². The zero-order valence-corrected chi connectivity index (χ0v) is 9.06. The number of nitrogens with one attached hydrogen (secondary N) is 1.